The van der Waals surface area contributed by atoms with E-state index in [2.05, 4.69) is 21.0 Å². The molecule has 0 saturated heterocycles. The predicted octanol–water partition coefficient (Wildman–Crippen LogP) is 2.31. The van der Waals surface area contributed by atoms with Crippen molar-refractivity contribution in [3.63, 3.8) is 0 Å². The molecule has 88 valence electrons. The molecule has 2 rings (SSSR count). The summed E-state index contributed by atoms with van der Waals surface area (Å²) in [5, 5.41) is 4.05. The highest BCUT2D eigenvalue weighted by atomic mass is 79.9. The number of halogens is 1. The van der Waals surface area contributed by atoms with Crippen molar-refractivity contribution in [3.8, 4) is 0 Å². The number of hydrogen-bond donors (Lipinski definition) is 0. The topological polar surface area (TPSA) is 38.1 Å². The average Bonchev–Trinajstić information content (AvgIpc) is 2.75. The smallest absolute Gasteiger partial charge is 0.248 e. The molecule has 1 aromatic heterocycles. The van der Waals surface area contributed by atoms with Gasteiger partial charge in [0.1, 0.15) is 6.54 Å². The van der Waals surface area contributed by atoms with Crippen molar-refractivity contribution in [1.82, 2.24) is 9.78 Å². The van der Waals surface area contributed by atoms with E-state index in [9.17, 15) is 4.79 Å². The Bertz CT molecular complexity index is 509. The first kappa shape index (κ1) is 11.9. The van der Waals surface area contributed by atoms with Crippen molar-refractivity contribution >= 4 is 27.5 Å². The molecule has 0 atom stereocenters. The van der Waals surface area contributed by atoms with Crippen LogP contribution in [0.15, 0.2) is 47.2 Å². The first-order valence-electron chi connectivity index (χ1n) is 5.16. The number of para-hydroxylation sites is 1. The summed E-state index contributed by atoms with van der Waals surface area (Å²) in [6.07, 6.45) is 3.44. The second-order valence-electron chi connectivity index (χ2n) is 3.64. The second-order valence-corrected chi connectivity index (χ2v) is 4.56. The Balaban J connectivity index is 2.06. The molecule has 5 heteroatoms. The molecular formula is C12H12BrN3O. The van der Waals surface area contributed by atoms with Gasteiger partial charge in [-0.1, -0.05) is 18.2 Å². The number of carbonyl (C=O) groups is 1. The van der Waals surface area contributed by atoms with Crippen LogP contribution in [0.5, 0.6) is 0 Å². The van der Waals surface area contributed by atoms with Gasteiger partial charge in [-0.2, -0.15) is 5.10 Å². The summed E-state index contributed by atoms with van der Waals surface area (Å²) in [4.78, 5) is 13.6. The van der Waals surface area contributed by atoms with Crippen LogP contribution in [0.3, 0.4) is 0 Å². The molecule has 1 aromatic carbocycles. The molecule has 4 nitrogen and oxygen atoms in total. The Morgan fingerprint density at radius 3 is 2.71 bits per heavy atom. The number of amides is 1. The van der Waals surface area contributed by atoms with E-state index in [1.54, 1.807) is 29.0 Å². The van der Waals surface area contributed by atoms with E-state index in [1.165, 1.54) is 0 Å². The monoisotopic (exact) mass is 293 g/mol. The van der Waals surface area contributed by atoms with E-state index >= 15 is 0 Å². The summed E-state index contributed by atoms with van der Waals surface area (Å²) < 4.78 is 2.47. The molecule has 0 radical (unpaired) electrons. The molecular weight excluding hydrogens is 282 g/mol. The van der Waals surface area contributed by atoms with Gasteiger partial charge in [-0.25, -0.2) is 0 Å². The summed E-state index contributed by atoms with van der Waals surface area (Å²) in [6, 6.07) is 9.54. The molecule has 0 aliphatic rings. The molecule has 0 saturated carbocycles. The van der Waals surface area contributed by atoms with Crippen LogP contribution in [0.1, 0.15) is 0 Å². The minimum atomic E-state index is -0.00759. The Labute approximate surface area is 108 Å². The summed E-state index contributed by atoms with van der Waals surface area (Å²) in [6.45, 7) is 0.233. The van der Waals surface area contributed by atoms with E-state index in [0.717, 1.165) is 10.2 Å². The van der Waals surface area contributed by atoms with Crippen molar-refractivity contribution in [1.29, 1.82) is 0 Å². The number of rotatable bonds is 3. The van der Waals surface area contributed by atoms with Crippen LogP contribution in [0, 0.1) is 0 Å². The van der Waals surface area contributed by atoms with Crippen LogP contribution in [0.4, 0.5) is 5.69 Å². The average molecular weight is 294 g/mol. The fraction of sp³-hybridized carbons (Fsp3) is 0.167. The number of benzene rings is 1. The fourth-order valence-corrected chi connectivity index (χ4v) is 1.79. The minimum Gasteiger partial charge on any atom is -0.314 e. The maximum atomic E-state index is 12.0. The highest BCUT2D eigenvalue weighted by Crippen LogP contribution is 2.12. The van der Waals surface area contributed by atoms with Gasteiger partial charge in [-0.3, -0.25) is 9.48 Å². The maximum absolute atomic E-state index is 12.0. The van der Waals surface area contributed by atoms with Crippen LogP contribution in [-0.2, 0) is 11.3 Å². The van der Waals surface area contributed by atoms with Gasteiger partial charge in [-0.05, 0) is 28.1 Å². The van der Waals surface area contributed by atoms with Crippen LogP contribution in [-0.4, -0.2) is 22.7 Å². The van der Waals surface area contributed by atoms with E-state index in [1.807, 2.05) is 30.3 Å². The number of aromatic nitrogens is 2. The molecule has 0 spiro atoms. The van der Waals surface area contributed by atoms with Crippen LogP contribution in [0.25, 0.3) is 0 Å². The molecule has 1 heterocycles. The van der Waals surface area contributed by atoms with Crippen molar-refractivity contribution in [2.45, 2.75) is 6.54 Å². The molecule has 0 unspecified atom stereocenters. The van der Waals surface area contributed by atoms with E-state index in [4.69, 9.17) is 0 Å². The lowest BCUT2D eigenvalue weighted by atomic mass is 10.3. The number of nitrogens with zero attached hydrogens (tertiary/aromatic N) is 3. The molecule has 0 aliphatic carbocycles. The number of hydrogen-bond acceptors (Lipinski definition) is 2. The standard InChI is InChI=1S/C12H12BrN3O/c1-15(11-5-3-2-4-6-11)12(17)9-16-8-10(13)7-14-16/h2-8H,9H2,1H3. The summed E-state index contributed by atoms with van der Waals surface area (Å²) in [5.74, 6) is -0.00759. The second kappa shape index (κ2) is 5.14. The summed E-state index contributed by atoms with van der Waals surface area (Å²) in [5.41, 5.74) is 0.878. The Kier molecular flexibility index (Phi) is 3.58. The van der Waals surface area contributed by atoms with Crippen LogP contribution in [0.2, 0.25) is 0 Å². The highest BCUT2D eigenvalue weighted by Gasteiger charge is 2.11. The maximum Gasteiger partial charge on any atom is 0.248 e. The van der Waals surface area contributed by atoms with Crippen LogP contribution < -0.4 is 4.90 Å². The van der Waals surface area contributed by atoms with Gasteiger partial charge < -0.3 is 4.90 Å². The minimum absolute atomic E-state index is 0.00759. The third kappa shape index (κ3) is 2.94. The summed E-state index contributed by atoms with van der Waals surface area (Å²) in [7, 11) is 1.76. The lowest BCUT2D eigenvalue weighted by Gasteiger charge is -2.17. The lowest BCUT2D eigenvalue weighted by molar-refractivity contribution is -0.119. The van der Waals surface area contributed by atoms with Crippen molar-refractivity contribution < 1.29 is 4.79 Å². The number of likely N-dealkylation sites (N-methyl/N-ethyl adjacent to an activating group) is 1. The number of carbonyl (C=O) groups excluding carboxylic acids is 1. The van der Waals surface area contributed by atoms with Gasteiger partial charge >= 0.3 is 0 Å². The molecule has 17 heavy (non-hydrogen) atoms. The van der Waals surface area contributed by atoms with Crippen molar-refractivity contribution in [2.24, 2.45) is 0 Å². The van der Waals surface area contributed by atoms with E-state index in [-0.39, 0.29) is 12.5 Å². The number of anilines is 1. The summed E-state index contributed by atoms with van der Waals surface area (Å²) >= 11 is 3.30. The zero-order valence-corrected chi connectivity index (χ0v) is 11.0. The normalized spacial score (nSPS) is 10.2. The van der Waals surface area contributed by atoms with Gasteiger partial charge in [0.05, 0.1) is 10.7 Å². The molecule has 0 bridgehead atoms. The van der Waals surface area contributed by atoms with Crippen molar-refractivity contribution in [2.75, 3.05) is 11.9 Å². The van der Waals surface area contributed by atoms with Gasteiger partial charge in [0.2, 0.25) is 5.91 Å². The third-order valence-electron chi connectivity index (χ3n) is 2.42. The van der Waals surface area contributed by atoms with Gasteiger partial charge in [0.15, 0.2) is 0 Å². The molecule has 1 amide bonds. The first-order chi connectivity index (χ1) is 8.16. The van der Waals surface area contributed by atoms with E-state index < -0.39 is 0 Å². The van der Waals surface area contributed by atoms with Crippen molar-refractivity contribution in [3.05, 3.63) is 47.2 Å². The SMILES string of the molecule is CN(C(=O)Cn1cc(Br)cn1)c1ccccc1. The third-order valence-corrected chi connectivity index (χ3v) is 2.83. The molecule has 2 aromatic rings. The zero-order valence-electron chi connectivity index (χ0n) is 9.38. The highest BCUT2D eigenvalue weighted by molar-refractivity contribution is 9.10. The fourth-order valence-electron chi connectivity index (χ4n) is 1.47. The quantitative estimate of drug-likeness (QED) is 0.871. The van der Waals surface area contributed by atoms with Crippen LogP contribution >= 0.6 is 15.9 Å². The van der Waals surface area contributed by atoms with Gasteiger partial charge in [0.25, 0.3) is 0 Å². The van der Waals surface area contributed by atoms with Gasteiger partial charge in [-0.15, -0.1) is 0 Å². The predicted molar refractivity (Wildman–Crippen MR) is 69.8 cm³/mol. The largest absolute Gasteiger partial charge is 0.314 e. The molecule has 0 fully saturated rings. The molecule has 0 aliphatic heterocycles. The lowest BCUT2D eigenvalue weighted by Crippen LogP contribution is -2.30. The Hall–Kier alpha value is -1.62. The van der Waals surface area contributed by atoms with Gasteiger partial charge in [0, 0.05) is 18.9 Å². The Morgan fingerprint density at radius 1 is 1.41 bits per heavy atom. The Morgan fingerprint density at radius 2 is 2.12 bits per heavy atom. The first-order valence-corrected chi connectivity index (χ1v) is 5.95. The zero-order chi connectivity index (χ0) is 12.3. The van der Waals surface area contributed by atoms with E-state index in [0.29, 0.717) is 0 Å². The molecule has 0 N–H and O–H groups in total.